The molecule has 0 aliphatic heterocycles. The minimum atomic E-state index is -2.04. The van der Waals surface area contributed by atoms with Crippen molar-refractivity contribution in [2.75, 3.05) is 7.11 Å². The predicted octanol–water partition coefficient (Wildman–Crippen LogP) is -2.79. The molecule has 0 aromatic rings. The van der Waals surface area contributed by atoms with Gasteiger partial charge in [-0.25, -0.2) is 0 Å². The van der Waals surface area contributed by atoms with Crippen LogP contribution in [-0.2, 0) is 20.6 Å². The molecule has 4 nitrogen and oxygen atoms in total. The fourth-order valence-electron chi connectivity index (χ4n) is 1.50. The molecule has 0 spiro atoms. The first-order chi connectivity index (χ1) is 5.65. The first-order valence-electron chi connectivity index (χ1n) is 3.81. The van der Waals surface area contributed by atoms with Gasteiger partial charge in [-0.3, -0.25) is 9.00 Å². The standard InChI is InChI=1S/C7H12O4S.Na/c1-11-7(8)5-2-3-6(4-5)12(9)10;/h5-6H,2-4H2,1H3,(H,9,10);/q;+1/p-1/t5-,6+;/m0./s1. The van der Waals surface area contributed by atoms with Gasteiger partial charge < -0.3 is 9.29 Å². The van der Waals surface area contributed by atoms with Gasteiger partial charge in [-0.1, -0.05) is 11.1 Å². The van der Waals surface area contributed by atoms with Crippen LogP contribution in [0.3, 0.4) is 0 Å². The van der Waals surface area contributed by atoms with Crippen LogP contribution in [0, 0.1) is 5.92 Å². The van der Waals surface area contributed by atoms with E-state index in [9.17, 15) is 13.6 Å². The number of methoxy groups -OCH3 is 1. The zero-order valence-electron chi connectivity index (χ0n) is 7.82. The van der Waals surface area contributed by atoms with Crippen molar-refractivity contribution in [3.05, 3.63) is 0 Å². The third-order valence-electron chi connectivity index (χ3n) is 2.19. The second-order valence-electron chi connectivity index (χ2n) is 2.92. The first kappa shape index (κ1) is 13.6. The Hall–Kier alpha value is 0.580. The normalized spacial score (nSPS) is 29.1. The van der Waals surface area contributed by atoms with Crippen LogP contribution in [0.15, 0.2) is 0 Å². The van der Waals surface area contributed by atoms with Gasteiger partial charge in [0.1, 0.15) is 0 Å². The Labute approximate surface area is 102 Å². The van der Waals surface area contributed by atoms with Crippen molar-refractivity contribution < 1.29 is 47.9 Å². The number of carbonyl (C=O) groups is 1. The molecule has 0 N–H and O–H groups in total. The largest absolute Gasteiger partial charge is 1.00 e. The van der Waals surface area contributed by atoms with E-state index in [4.69, 9.17) is 0 Å². The summed E-state index contributed by atoms with van der Waals surface area (Å²) in [6.07, 6.45) is 1.63. The van der Waals surface area contributed by atoms with E-state index in [0.717, 1.165) is 0 Å². The maximum absolute atomic E-state index is 11.0. The summed E-state index contributed by atoms with van der Waals surface area (Å²) < 4.78 is 25.5. The van der Waals surface area contributed by atoms with E-state index in [2.05, 4.69) is 4.74 Å². The fraction of sp³-hybridized carbons (Fsp3) is 0.857. The van der Waals surface area contributed by atoms with Gasteiger partial charge in [0.15, 0.2) is 0 Å². The molecule has 70 valence electrons. The van der Waals surface area contributed by atoms with Gasteiger partial charge in [0, 0.05) is 5.25 Å². The molecule has 1 saturated carbocycles. The maximum Gasteiger partial charge on any atom is 1.00 e. The molecule has 1 fully saturated rings. The topological polar surface area (TPSA) is 66.4 Å². The van der Waals surface area contributed by atoms with E-state index in [1.807, 2.05) is 0 Å². The van der Waals surface area contributed by atoms with Crippen LogP contribution in [0.2, 0.25) is 0 Å². The van der Waals surface area contributed by atoms with Crippen molar-refractivity contribution in [1.82, 2.24) is 0 Å². The van der Waals surface area contributed by atoms with Crippen LogP contribution < -0.4 is 29.6 Å². The van der Waals surface area contributed by atoms with Crippen LogP contribution in [0.25, 0.3) is 0 Å². The van der Waals surface area contributed by atoms with E-state index < -0.39 is 11.1 Å². The summed E-state index contributed by atoms with van der Waals surface area (Å²) in [6, 6.07) is 0. The molecular formula is C7H11NaO4S. The third-order valence-corrected chi connectivity index (χ3v) is 3.16. The van der Waals surface area contributed by atoms with E-state index in [1.54, 1.807) is 0 Å². The quantitative estimate of drug-likeness (QED) is 0.283. The van der Waals surface area contributed by atoms with Crippen LogP contribution in [0.1, 0.15) is 19.3 Å². The summed E-state index contributed by atoms with van der Waals surface area (Å²) in [4.78, 5) is 11.0. The van der Waals surface area contributed by atoms with Gasteiger partial charge in [0.2, 0.25) is 0 Å². The third kappa shape index (κ3) is 3.67. The molecule has 1 aliphatic carbocycles. The molecule has 0 saturated heterocycles. The second kappa shape index (κ2) is 6.14. The molecule has 0 radical (unpaired) electrons. The smallest absolute Gasteiger partial charge is 0.772 e. The zero-order chi connectivity index (χ0) is 9.14. The van der Waals surface area contributed by atoms with Gasteiger partial charge in [0.05, 0.1) is 13.0 Å². The Morgan fingerprint density at radius 2 is 2.15 bits per heavy atom. The molecule has 0 amide bonds. The van der Waals surface area contributed by atoms with Gasteiger partial charge in [-0.15, -0.1) is 0 Å². The molecule has 0 heterocycles. The summed E-state index contributed by atoms with van der Waals surface area (Å²) in [5.74, 6) is -0.499. The van der Waals surface area contributed by atoms with Crippen LogP contribution in [0.5, 0.6) is 0 Å². The number of hydrogen-bond donors (Lipinski definition) is 0. The molecular weight excluding hydrogens is 203 g/mol. The SMILES string of the molecule is COC(=O)[C@H]1CC[C@@H](S(=O)[O-])C1.[Na+]. The minimum absolute atomic E-state index is 0. The van der Waals surface area contributed by atoms with Crippen molar-refractivity contribution in [3.8, 4) is 0 Å². The van der Waals surface area contributed by atoms with Crippen molar-refractivity contribution in [2.45, 2.75) is 24.5 Å². The predicted molar refractivity (Wildman–Crippen MR) is 42.1 cm³/mol. The van der Waals surface area contributed by atoms with E-state index >= 15 is 0 Å². The summed E-state index contributed by atoms with van der Waals surface area (Å²) in [7, 11) is 1.32. The van der Waals surface area contributed by atoms with Crippen LogP contribution in [0.4, 0.5) is 0 Å². The maximum atomic E-state index is 11.0. The number of carbonyl (C=O) groups excluding carboxylic acids is 1. The van der Waals surface area contributed by atoms with E-state index in [-0.39, 0.29) is 46.7 Å². The molecule has 0 aromatic heterocycles. The monoisotopic (exact) mass is 214 g/mol. The summed E-state index contributed by atoms with van der Waals surface area (Å²) >= 11 is -2.04. The Balaban J connectivity index is 0.00000144. The summed E-state index contributed by atoms with van der Waals surface area (Å²) in [6.45, 7) is 0. The van der Waals surface area contributed by atoms with Gasteiger partial charge in [-0.05, 0) is 19.3 Å². The Bertz CT molecular complexity index is 209. The molecule has 1 aliphatic rings. The Morgan fingerprint density at radius 3 is 2.54 bits per heavy atom. The average molecular weight is 214 g/mol. The summed E-state index contributed by atoms with van der Waals surface area (Å²) in [5, 5.41) is -0.353. The van der Waals surface area contributed by atoms with Crippen LogP contribution >= 0.6 is 0 Å². The van der Waals surface area contributed by atoms with Gasteiger partial charge >= 0.3 is 35.5 Å². The molecule has 1 rings (SSSR count). The molecule has 0 aromatic carbocycles. The average Bonchev–Trinajstić information content (AvgIpc) is 2.51. The van der Waals surface area contributed by atoms with Crippen molar-refractivity contribution >= 4 is 17.0 Å². The minimum Gasteiger partial charge on any atom is -0.772 e. The first-order valence-corrected chi connectivity index (χ1v) is 4.95. The van der Waals surface area contributed by atoms with Crippen molar-refractivity contribution in [3.63, 3.8) is 0 Å². The Kier molecular flexibility index (Phi) is 6.41. The molecule has 13 heavy (non-hydrogen) atoms. The van der Waals surface area contributed by atoms with E-state index in [1.165, 1.54) is 7.11 Å². The number of rotatable bonds is 2. The van der Waals surface area contributed by atoms with Gasteiger partial charge in [0.25, 0.3) is 0 Å². The summed E-state index contributed by atoms with van der Waals surface area (Å²) in [5.41, 5.74) is 0. The Morgan fingerprint density at radius 1 is 1.54 bits per heavy atom. The van der Waals surface area contributed by atoms with Crippen LogP contribution in [-0.4, -0.2) is 27.1 Å². The second-order valence-corrected chi connectivity index (χ2v) is 4.10. The van der Waals surface area contributed by atoms with Crippen molar-refractivity contribution in [1.29, 1.82) is 0 Å². The number of hydrogen-bond acceptors (Lipinski definition) is 4. The molecule has 6 heteroatoms. The molecule has 0 bridgehead atoms. The zero-order valence-corrected chi connectivity index (χ0v) is 10.6. The molecule has 1 unspecified atom stereocenters. The number of ether oxygens (including phenoxy) is 1. The van der Waals surface area contributed by atoms with Gasteiger partial charge in [-0.2, -0.15) is 0 Å². The number of esters is 1. The van der Waals surface area contributed by atoms with Crippen molar-refractivity contribution in [2.24, 2.45) is 5.92 Å². The van der Waals surface area contributed by atoms with E-state index in [0.29, 0.717) is 19.3 Å². The fourth-order valence-corrected chi connectivity index (χ4v) is 2.21. The molecule has 3 atom stereocenters.